The Balaban J connectivity index is 0.000000342. The number of nitrogens with zero attached hydrogens (tertiary/aromatic N) is 2. The van der Waals surface area contributed by atoms with Crippen molar-refractivity contribution in [1.29, 1.82) is 0 Å². The van der Waals surface area contributed by atoms with E-state index in [1.807, 2.05) is 30.3 Å². The number of benzene rings is 2. The molecule has 0 bridgehead atoms. The van der Waals surface area contributed by atoms with E-state index in [2.05, 4.69) is 15.5 Å². The van der Waals surface area contributed by atoms with Gasteiger partial charge in [0.05, 0.1) is 16.8 Å². The van der Waals surface area contributed by atoms with Crippen LogP contribution in [0.1, 0.15) is 5.56 Å². The molecule has 0 aliphatic rings. The lowest BCUT2D eigenvalue weighted by atomic mass is 10.2. The summed E-state index contributed by atoms with van der Waals surface area (Å²) < 4.78 is 30.6. The van der Waals surface area contributed by atoms with Gasteiger partial charge >= 0.3 is 0 Å². The van der Waals surface area contributed by atoms with Crippen molar-refractivity contribution in [3.8, 4) is 0 Å². The molecule has 134 valence electrons. The molecule has 0 radical (unpaired) electrons. The number of hydrogen-bond acceptors (Lipinski definition) is 5. The zero-order valence-corrected chi connectivity index (χ0v) is 15.1. The van der Waals surface area contributed by atoms with Gasteiger partial charge < -0.3 is 0 Å². The summed E-state index contributed by atoms with van der Waals surface area (Å²) in [6, 6.07) is 18.4. The maximum absolute atomic E-state index is 10.9. The summed E-state index contributed by atoms with van der Waals surface area (Å²) in [5, 5.41) is 4.65. The molecular formula is C18H16ClN3O3S. The van der Waals surface area contributed by atoms with Crippen LogP contribution in [0.25, 0.3) is 0 Å². The first-order chi connectivity index (χ1) is 12.4. The van der Waals surface area contributed by atoms with Gasteiger partial charge in [-0.15, -0.1) is 0 Å². The van der Waals surface area contributed by atoms with E-state index in [4.69, 9.17) is 16.2 Å². The Hall–Kier alpha value is -2.74. The summed E-state index contributed by atoms with van der Waals surface area (Å²) in [6.45, 7) is 0. The summed E-state index contributed by atoms with van der Waals surface area (Å²) in [7, 11) is -4.17. The van der Waals surface area contributed by atoms with Gasteiger partial charge in [0.25, 0.3) is 10.1 Å². The van der Waals surface area contributed by atoms with Gasteiger partial charge in [0, 0.05) is 17.4 Å². The van der Waals surface area contributed by atoms with Gasteiger partial charge in [-0.05, 0) is 54.1 Å². The van der Waals surface area contributed by atoms with Gasteiger partial charge in [0.1, 0.15) is 0 Å². The number of anilines is 1. The van der Waals surface area contributed by atoms with Crippen molar-refractivity contribution in [1.82, 2.24) is 4.98 Å². The molecule has 1 aromatic heterocycles. The average molecular weight is 390 g/mol. The standard InChI is InChI=1S/C13H11ClN2O3S.C5H5N/c14-11-3-1-10(2-4-11)9-15-16-12-5-7-13(8-6-12)20(17,18)19;1-2-4-6-5-3-1/h1-9,16H,(H,17,18,19);1-5H. The summed E-state index contributed by atoms with van der Waals surface area (Å²) >= 11 is 5.76. The summed E-state index contributed by atoms with van der Waals surface area (Å²) in [5.74, 6) is 0. The Bertz CT molecular complexity index is 903. The second-order valence-corrected chi connectivity index (χ2v) is 6.80. The highest BCUT2D eigenvalue weighted by molar-refractivity contribution is 7.85. The highest BCUT2D eigenvalue weighted by Crippen LogP contribution is 2.13. The monoisotopic (exact) mass is 389 g/mol. The second-order valence-electron chi connectivity index (χ2n) is 4.95. The lowest BCUT2D eigenvalue weighted by molar-refractivity contribution is 0.483. The zero-order chi connectivity index (χ0) is 18.8. The molecule has 2 aromatic carbocycles. The molecular weight excluding hydrogens is 374 g/mol. The van der Waals surface area contributed by atoms with E-state index >= 15 is 0 Å². The molecule has 1 heterocycles. The zero-order valence-electron chi connectivity index (χ0n) is 13.5. The van der Waals surface area contributed by atoms with Crippen LogP contribution in [0.4, 0.5) is 5.69 Å². The number of nitrogens with one attached hydrogen (secondary N) is 1. The minimum Gasteiger partial charge on any atom is -0.282 e. The Morgan fingerprint density at radius 2 is 1.58 bits per heavy atom. The smallest absolute Gasteiger partial charge is 0.282 e. The van der Waals surface area contributed by atoms with Crippen molar-refractivity contribution in [2.75, 3.05) is 5.43 Å². The number of aromatic nitrogens is 1. The molecule has 0 aliphatic carbocycles. The minimum atomic E-state index is -4.17. The number of rotatable bonds is 4. The lowest BCUT2D eigenvalue weighted by Gasteiger charge is -2.01. The predicted molar refractivity (Wildman–Crippen MR) is 103 cm³/mol. The van der Waals surface area contributed by atoms with E-state index in [1.54, 1.807) is 30.7 Å². The first-order valence-electron chi connectivity index (χ1n) is 7.42. The Kier molecular flexibility index (Phi) is 7.28. The fourth-order valence-electron chi connectivity index (χ4n) is 1.74. The first kappa shape index (κ1) is 19.6. The third-order valence-corrected chi connectivity index (χ3v) is 4.12. The molecule has 0 atom stereocenters. The van der Waals surface area contributed by atoms with Gasteiger partial charge in [0.2, 0.25) is 0 Å². The molecule has 0 aliphatic heterocycles. The van der Waals surface area contributed by atoms with Crippen molar-refractivity contribution in [3.63, 3.8) is 0 Å². The van der Waals surface area contributed by atoms with Crippen molar-refractivity contribution >= 4 is 33.6 Å². The molecule has 0 fully saturated rings. The van der Waals surface area contributed by atoms with Gasteiger partial charge in [-0.2, -0.15) is 13.5 Å². The van der Waals surface area contributed by atoms with Crippen LogP contribution in [-0.4, -0.2) is 24.2 Å². The number of halogens is 1. The van der Waals surface area contributed by atoms with Gasteiger partial charge in [-0.3, -0.25) is 15.0 Å². The fraction of sp³-hybridized carbons (Fsp3) is 0. The maximum atomic E-state index is 10.9. The van der Waals surface area contributed by atoms with E-state index in [0.717, 1.165) is 5.56 Å². The topological polar surface area (TPSA) is 91.7 Å². The van der Waals surface area contributed by atoms with Crippen LogP contribution in [0.3, 0.4) is 0 Å². The molecule has 26 heavy (non-hydrogen) atoms. The van der Waals surface area contributed by atoms with E-state index in [-0.39, 0.29) is 4.90 Å². The first-order valence-corrected chi connectivity index (χ1v) is 9.24. The Morgan fingerprint density at radius 3 is 2.04 bits per heavy atom. The molecule has 0 saturated heterocycles. The van der Waals surface area contributed by atoms with Gasteiger partial charge in [0.15, 0.2) is 0 Å². The summed E-state index contributed by atoms with van der Waals surface area (Å²) in [6.07, 6.45) is 5.10. The molecule has 0 amide bonds. The van der Waals surface area contributed by atoms with E-state index in [9.17, 15) is 8.42 Å². The minimum absolute atomic E-state index is 0.162. The van der Waals surface area contributed by atoms with Crippen molar-refractivity contribution in [2.24, 2.45) is 5.10 Å². The number of hydrogen-bond donors (Lipinski definition) is 2. The average Bonchev–Trinajstić information content (AvgIpc) is 2.65. The van der Waals surface area contributed by atoms with E-state index < -0.39 is 10.1 Å². The molecule has 8 heteroatoms. The summed E-state index contributed by atoms with van der Waals surface area (Å²) in [4.78, 5) is 3.62. The molecule has 0 spiro atoms. The van der Waals surface area contributed by atoms with Crippen LogP contribution in [0.15, 0.2) is 89.1 Å². The Labute approximate surface area is 156 Å². The van der Waals surface area contributed by atoms with Crippen LogP contribution >= 0.6 is 11.6 Å². The third-order valence-electron chi connectivity index (χ3n) is 3.00. The quantitative estimate of drug-likeness (QED) is 0.398. The maximum Gasteiger partial charge on any atom is 0.294 e. The summed E-state index contributed by atoms with van der Waals surface area (Å²) in [5.41, 5.74) is 4.22. The largest absolute Gasteiger partial charge is 0.294 e. The van der Waals surface area contributed by atoms with Crippen LogP contribution in [-0.2, 0) is 10.1 Å². The highest BCUT2D eigenvalue weighted by atomic mass is 35.5. The molecule has 0 saturated carbocycles. The lowest BCUT2D eigenvalue weighted by Crippen LogP contribution is -1.98. The molecule has 3 aromatic rings. The fourth-order valence-corrected chi connectivity index (χ4v) is 2.35. The van der Waals surface area contributed by atoms with Crippen LogP contribution in [0, 0.1) is 0 Å². The molecule has 6 nitrogen and oxygen atoms in total. The van der Waals surface area contributed by atoms with E-state index in [1.165, 1.54) is 24.3 Å². The van der Waals surface area contributed by atoms with Crippen molar-refractivity contribution < 1.29 is 13.0 Å². The van der Waals surface area contributed by atoms with E-state index in [0.29, 0.717) is 10.7 Å². The second kappa shape index (κ2) is 9.67. The van der Waals surface area contributed by atoms with Crippen molar-refractivity contribution in [3.05, 3.63) is 89.7 Å². The van der Waals surface area contributed by atoms with Crippen molar-refractivity contribution in [2.45, 2.75) is 4.90 Å². The molecule has 2 N–H and O–H groups in total. The van der Waals surface area contributed by atoms with Crippen LogP contribution in [0.2, 0.25) is 5.02 Å². The normalized spacial score (nSPS) is 10.8. The molecule has 3 rings (SSSR count). The van der Waals surface area contributed by atoms with Gasteiger partial charge in [-0.25, -0.2) is 0 Å². The Morgan fingerprint density at radius 1 is 0.962 bits per heavy atom. The number of pyridine rings is 1. The SMILES string of the molecule is O=S(=O)(O)c1ccc(NN=Cc2ccc(Cl)cc2)cc1.c1ccncc1. The highest BCUT2D eigenvalue weighted by Gasteiger charge is 2.07. The third kappa shape index (κ3) is 7.02. The van der Waals surface area contributed by atoms with Crippen LogP contribution < -0.4 is 5.43 Å². The predicted octanol–water partition coefficient (Wildman–Crippen LogP) is 4.11. The van der Waals surface area contributed by atoms with Crippen LogP contribution in [0.5, 0.6) is 0 Å². The van der Waals surface area contributed by atoms with Gasteiger partial charge in [-0.1, -0.05) is 29.8 Å². The number of hydrazone groups is 1. The molecule has 0 unspecified atom stereocenters.